The number of rotatable bonds is 5. The fourth-order valence-corrected chi connectivity index (χ4v) is 4.21. The van der Waals surface area contributed by atoms with Gasteiger partial charge < -0.3 is 9.32 Å². The fraction of sp³-hybridized carbons (Fsp3) is 0.200. The lowest BCUT2D eigenvalue weighted by molar-refractivity contribution is 0.388. The first kappa shape index (κ1) is 18.4. The molecule has 0 unspecified atom stereocenters. The lowest BCUT2D eigenvalue weighted by atomic mass is 10.2. The van der Waals surface area contributed by atoms with Crippen molar-refractivity contribution in [2.75, 3.05) is 31.1 Å². The van der Waals surface area contributed by atoms with Crippen LogP contribution in [0.25, 0.3) is 17.5 Å². The van der Waals surface area contributed by atoms with E-state index in [1.54, 1.807) is 18.4 Å². The Balaban J connectivity index is 1.38. The summed E-state index contributed by atoms with van der Waals surface area (Å²) in [5.74, 6) is 1.40. The van der Waals surface area contributed by atoms with Crippen LogP contribution in [-0.2, 0) is 10.0 Å². The predicted octanol–water partition coefficient (Wildman–Crippen LogP) is 2.86. The van der Waals surface area contributed by atoms with E-state index >= 15 is 0 Å². The number of hydrogen-bond donors (Lipinski definition) is 0. The average Bonchev–Trinajstić information content (AvgIpc) is 3.28. The van der Waals surface area contributed by atoms with Crippen molar-refractivity contribution in [1.29, 1.82) is 0 Å². The van der Waals surface area contributed by atoms with Crippen LogP contribution in [0.2, 0.25) is 0 Å². The van der Waals surface area contributed by atoms with Crippen LogP contribution in [0.1, 0.15) is 5.56 Å². The van der Waals surface area contributed by atoms with Gasteiger partial charge in [-0.3, -0.25) is 0 Å². The van der Waals surface area contributed by atoms with Crippen LogP contribution in [0, 0.1) is 0 Å². The Morgan fingerprint density at radius 2 is 1.68 bits per heavy atom. The van der Waals surface area contributed by atoms with Gasteiger partial charge in [0, 0.05) is 31.6 Å². The van der Waals surface area contributed by atoms with Gasteiger partial charge in [-0.1, -0.05) is 30.3 Å². The molecule has 0 N–H and O–H groups in total. The highest BCUT2D eigenvalue weighted by molar-refractivity contribution is 7.92. The largest absolute Gasteiger partial charge is 0.463 e. The van der Waals surface area contributed by atoms with Gasteiger partial charge in [0.05, 0.1) is 6.26 Å². The first-order valence-electron chi connectivity index (χ1n) is 8.98. The second-order valence-corrected chi connectivity index (χ2v) is 8.22. The van der Waals surface area contributed by atoms with E-state index in [4.69, 9.17) is 4.42 Å². The normalized spacial score (nSPS) is 15.9. The van der Waals surface area contributed by atoms with E-state index in [2.05, 4.69) is 10.2 Å². The van der Waals surface area contributed by atoms with E-state index in [1.807, 2.05) is 53.4 Å². The predicted molar refractivity (Wildman–Crippen MR) is 108 cm³/mol. The summed E-state index contributed by atoms with van der Waals surface area (Å²) in [5.41, 5.74) is 1.53. The molecule has 1 saturated heterocycles. The summed E-state index contributed by atoms with van der Waals surface area (Å²) in [7, 11) is -3.45. The Kier molecular flexibility index (Phi) is 5.23. The van der Waals surface area contributed by atoms with Crippen LogP contribution in [0.3, 0.4) is 0 Å². The third-order valence-electron chi connectivity index (χ3n) is 4.58. The van der Waals surface area contributed by atoms with Crippen molar-refractivity contribution in [3.05, 3.63) is 71.8 Å². The van der Waals surface area contributed by atoms with Crippen LogP contribution >= 0.6 is 0 Å². The number of hydrogen-bond acceptors (Lipinski definition) is 6. The minimum absolute atomic E-state index is 0.406. The standard InChI is InChI=1S/C20H20N4O3S/c25-28(26,16-10-17-5-2-1-3-6-17)24-13-11-23(12-14-24)20-9-8-18(21-22-20)19-7-4-15-27-19/h1-10,15-16H,11-14H2/b16-10+. The molecule has 1 aliphatic rings. The molecule has 0 amide bonds. The van der Waals surface area contributed by atoms with Crippen molar-refractivity contribution in [3.8, 4) is 11.5 Å². The van der Waals surface area contributed by atoms with Gasteiger partial charge in [0.15, 0.2) is 11.6 Å². The lowest BCUT2D eigenvalue weighted by Gasteiger charge is -2.33. The maximum absolute atomic E-state index is 12.6. The fourth-order valence-electron chi connectivity index (χ4n) is 3.04. The molecule has 1 aromatic carbocycles. The maximum atomic E-state index is 12.6. The molecule has 144 valence electrons. The van der Waals surface area contributed by atoms with Gasteiger partial charge in [0.25, 0.3) is 0 Å². The molecule has 3 heterocycles. The van der Waals surface area contributed by atoms with Crippen LogP contribution in [0.5, 0.6) is 0 Å². The van der Waals surface area contributed by atoms with E-state index in [0.29, 0.717) is 37.6 Å². The van der Waals surface area contributed by atoms with Crippen molar-refractivity contribution in [3.63, 3.8) is 0 Å². The molecule has 0 spiro atoms. The number of benzene rings is 1. The van der Waals surface area contributed by atoms with Crippen LogP contribution in [-0.4, -0.2) is 49.1 Å². The van der Waals surface area contributed by atoms with E-state index in [1.165, 1.54) is 9.71 Å². The molecular formula is C20H20N4O3S. The van der Waals surface area contributed by atoms with E-state index in [9.17, 15) is 8.42 Å². The summed E-state index contributed by atoms with van der Waals surface area (Å²) in [6.45, 7) is 1.94. The van der Waals surface area contributed by atoms with Gasteiger partial charge in [-0.25, -0.2) is 8.42 Å². The molecule has 0 radical (unpaired) electrons. The molecule has 28 heavy (non-hydrogen) atoms. The molecule has 8 heteroatoms. The minimum Gasteiger partial charge on any atom is -0.463 e. The summed E-state index contributed by atoms with van der Waals surface area (Å²) < 4.78 is 31.9. The van der Waals surface area contributed by atoms with Gasteiger partial charge in [0.1, 0.15) is 5.69 Å². The van der Waals surface area contributed by atoms with Crippen molar-refractivity contribution < 1.29 is 12.8 Å². The van der Waals surface area contributed by atoms with Crippen molar-refractivity contribution >= 4 is 21.9 Å². The molecule has 0 bridgehead atoms. The highest BCUT2D eigenvalue weighted by Gasteiger charge is 2.25. The Morgan fingerprint density at radius 3 is 2.32 bits per heavy atom. The van der Waals surface area contributed by atoms with Crippen LogP contribution < -0.4 is 4.90 Å². The van der Waals surface area contributed by atoms with E-state index in [-0.39, 0.29) is 0 Å². The molecule has 1 fully saturated rings. The smallest absolute Gasteiger partial charge is 0.236 e. The lowest BCUT2D eigenvalue weighted by Crippen LogP contribution is -2.48. The first-order chi connectivity index (χ1) is 13.6. The molecule has 0 aliphatic carbocycles. The van der Waals surface area contributed by atoms with Gasteiger partial charge in [-0.2, -0.15) is 4.31 Å². The highest BCUT2D eigenvalue weighted by atomic mass is 32.2. The van der Waals surface area contributed by atoms with Crippen molar-refractivity contribution in [2.24, 2.45) is 0 Å². The number of anilines is 1. The van der Waals surface area contributed by atoms with Gasteiger partial charge in [-0.15, -0.1) is 10.2 Å². The van der Waals surface area contributed by atoms with Gasteiger partial charge in [0.2, 0.25) is 10.0 Å². The summed E-state index contributed by atoms with van der Waals surface area (Å²) in [4.78, 5) is 2.03. The van der Waals surface area contributed by atoms with Gasteiger partial charge in [-0.05, 0) is 35.9 Å². The molecule has 0 atom stereocenters. The van der Waals surface area contributed by atoms with Crippen molar-refractivity contribution in [1.82, 2.24) is 14.5 Å². The Bertz CT molecular complexity index is 1020. The van der Waals surface area contributed by atoms with E-state index in [0.717, 1.165) is 11.4 Å². The monoisotopic (exact) mass is 396 g/mol. The number of piperazine rings is 1. The Hall–Kier alpha value is -2.97. The Morgan fingerprint density at radius 1 is 0.893 bits per heavy atom. The molecule has 1 aliphatic heterocycles. The second-order valence-electron chi connectivity index (χ2n) is 6.40. The molecule has 2 aromatic heterocycles. The number of aromatic nitrogens is 2. The van der Waals surface area contributed by atoms with Crippen LogP contribution in [0.15, 0.2) is 70.7 Å². The molecular weight excluding hydrogens is 376 g/mol. The Labute approximate surface area is 164 Å². The highest BCUT2D eigenvalue weighted by Crippen LogP contribution is 2.20. The SMILES string of the molecule is O=S(=O)(/C=C/c1ccccc1)N1CCN(c2ccc(-c3ccco3)nn2)CC1. The summed E-state index contributed by atoms with van der Waals surface area (Å²) in [5, 5.41) is 9.73. The number of furan rings is 1. The molecule has 4 rings (SSSR count). The maximum Gasteiger partial charge on any atom is 0.236 e. The zero-order valence-corrected chi connectivity index (χ0v) is 16.0. The summed E-state index contributed by atoms with van der Waals surface area (Å²) in [6.07, 6.45) is 3.22. The molecule has 0 saturated carbocycles. The number of nitrogens with zero attached hydrogens (tertiary/aromatic N) is 4. The third kappa shape index (κ3) is 4.13. The van der Waals surface area contributed by atoms with Gasteiger partial charge >= 0.3 is 0 Å². The molecule has 7 nitrogen and oxygen atoms in total. The first-order valence-corrected chi connectivity index (χ1v) is 10.5. The average molecular weight is 396 g/mol. The quantitative estimate of drug-likeness (QED) is 0.660. The van der Waals surface area contributed by atoms with Crippen LogP contribution in [0.4, 0.5) is 5.82 Å². The summed E-state index contributed by atoms with van der Waals surface area (Å²) in [6, 6.07) is 16.8. The summed E-state index contributed by atoms with van der Waals surface area (Å²) >= 11 is 0. The third-order valence-corrected chi connectivity index (χ3v) is 6.14. The topological polar surface area (TPSA) is 79.5 Å². The zero-order valence-electron chi connectivity index (χ0n) is 15.2. The molecule has 3 aromatic rings. The van der Waals surface area contributed by atoms with Crippen molar-refractivity contribution in [2.45, 2.75) is 0 Å². The van der Waals surface area contributed by atoms with E-state index < -0.39 is 10.0 Å². The minimum atomic E-state index is -3.45. The zero-order chi connectivity index (χ0) is 19.4. The number of sulfonamides is 1. The second kappa shape index (κ2) is 7.95.